The highest BCUT2D eigenvalue weighted by Gasteiger charge is 2.12. The highest BCUT2D eigenvalue weighted by molar-refractivity contribution is 7.09. The zero-order valence-corrected chi connectivity index (χ0v) is 11.1. The summed E-state index contributed by atoms with van der Waals surface area (Å²) in [6.07, 6.45) is 4.53. The van der Waals surface area contributed by atoms with Crippen molar-refractivity contribution < 1.29 is 0 Å². The van der Waals surface area contributed by atoms with Crippen LogP contribution in [0.1, 0.15) is 16.5 Å². The van der Waals surface area contributed by atoms with Gasteiger partial charge >= 0.3 is 0 Å². The molecule has 5 heteroatoms. The quantitative estimate of drug-likeness (QED) is 0.564. The second kappa shape index (κ2) is 5.44. The Hall–Kier alpha value is -1.82. The Morgan fingerprint density at radius 2 is 2.26 bits per heavy atom. The smallest absolute Gasteiger partial charge is 0.0794 e. The summed E-state index contributed by atoms with van der Waals surface area (Å²) in [5.41, 5.74) is 6.88. The molecule has 3 aromatic rings. The van der Waals surface area contributed by atoms with Crippen LogP contribution in [0, 0.1) is 0 Å². The third-order valence-electron chi connectivity index (χ3n) is 3.12. The van der Waals surface area contributed by atoms with E-state index in [2.05, 4.69) is 33.6 Å². The number of hydrogen-bond donors (Lipinski definition) is 2. The van der Waals surface area contributed by atoms with E-state index in [9.17, 15) is 0 Å². The van der Waals surface area contributed by atoms with Gasteiger partial charge in [-0.2, -0.15) is 0 Å². The van der Waals surface area contributed by atoms with Gasteiger partial charge in [-0.05, 0) is 23.8 Å². The fourth-order valence-corrected chi connectivity index (χ4v) is 2.77. The van der Waals surface area contributed by atoms with Gasteiger partial charge in [0, 0.05) is 29.1 Å². The molecule has 0 bridgehead atoms. The van der Waals surface area contributed by atoms with Gasteiger partial charge in [-0.1, -0.05) is 12.1 Å². The van der Waals surface area contributed by atoms with Crippen molar-refractivity contribution in [3.05, 3.63) is 58.7 Å². The van der Waals surface area contributed by atoms with Crippen LogP contribution in [0.3, 0.4) is 0 Å². The third kappa shape index (κ3) is 2.63. The highest BCUT2D eigenvalue weighted by Crippen LogP contribution is 2.22. The fourth-order valence-electron chi connectivity index (χ4n) is 2.13. The number of fused-ring (bicyclic) bond motifs is 1. The predicted molar refractivity (Wildman–Crippen MR) is 77.6 cm³/mol. The van der Waals surface area contributed by atoms with E-state index in [1.165, 1.54) is 4.88 Å². The average Bonchev–Trinajstić information content (AvgIpc) is 2.97. The maximum atomic E-state index is 5.68. The second-order valence-corrected chi connectivity index (χ2v) is 5.32. The van der Waals surface area contributed by atoms with Gasteiger partial charge in [0.1, 0.15) is 0 Å². The maximum Gasteiger partial charge on any atom is 0.0794 e. The Labute approximate surface area is 115 Å². The van der Waals surface area contributed by atoms with Crippen molar-refractivity contribution >= 4 is 22.2 Å². The van der Waals surface area contributed by atoms with Gasteiger partial charge in [-0.15, -0.1) is 11.3 Å². The zero-order valence-electron chi connectivity index (χ0n) is 10.3. The van der Waals surface area contributed by atoms with Gasteiger partial charge in [0.15, 0.2) is 0 Å². The van der Waals surface area contributed by atoms with Crippen molar-refractivity contribution in [2.45, 2.75) is 12.5 Å². The molecule has 19 heavy (non-hydrogen) atoms. The predicted octanol–water partition coefficient (Wildman–Crippen LogP) is 2.44. The van der Waals surface area contributed by atoms with E-state index in [1.807, 2.05) is 23.8 Å². The van der Waals surface area contributed by atoms with Crippen molar-refractivity contribution in [2.24, 2.45) is 5.84 Å². The van der Waals surface area contributed by atoms with E-state index in [4.69, 9.17) is 5.84 Å². The molecule has 1 unspecified atom stereocenters. The average molecular weight is 270 g/mol. The van der Waals surface area contributed by atoms with E-state index in [1.54, 1.807) is 17.5 Å². The molecule has 1 atom stereocenters. The first-order valence-electron chi connectivity index (χ1n) is 6.05. The lowest BCUT2D eigenvalue weighted by molar-refractivity contribution is 0.556. The monoisotopic (exact) mass is 270 g/mol. The molecule has 0 aliphatic heterocycles. The molecule has 0 amide bonds. The SMILES string of the molecule is NNC(Cc1cncs1)c1ccc2ncccc2c1. The minimum atomic E-state index is 0.0880. The molecular weight excluding hydrogens is 256 g/mol. The Kier molecular flexibility index (Phi) is 3.50. The van der Waals surface area contributed by atoms with Gasteiger partial charge in [0.05, 0.1) is 17.1 Å². The lowest BCUT2D eigenvalue weighted by Crippen LogP contribution is -2.29. The molecule has 1 aromatic carbocycles. The van der Waals surface area contributed by atoms with Crippen LogP contribution in [0.25, 0.3) is 10.9 Å². The number of hydrazine groups is 1. The molecule has 3 rings (SSSR count). The lowest BCUT2D eigenvalue weighted by atomic mass is 10.0. The molecular formula is C14H14N4S. The van der Waals surface area contributed by atoms with Crippen molar-refractivity contribution in [3.63, 3.8) is 0 Å². The molecule has 2 aromatic heterocycles. The number of rotatable bonds is 4. The molecule has 0 fully saturated rings. The van der Waals surface area contributed by atoms with Crippen LogP contribution in [-0.4, -0.2) is 9.97 Å². The summed E-state index contributed by atoms with van der Waals surface area (Å²) in [6.45, 7) is 0. The summed E-state index contributed by atoms with van der Waals surface area (Å²) >= 11 is 1.65. The number of benzene rings is 1. The summed E-state index contributed by atoms with van der Waals surface area (Å²) in [6, 6.07) is 10.3. The van der Waals surface area contributed by atoms with E-state index in [0.29, 0.717) is 0 Å². The summed E-state index contributed by atoms with van der Waals surface area (Å²) < 4.78 is 0. The number of nitrogens with two attached hydrogens (primary N) is 1. The minimum Gasteiger partial charge on any atom is -0.271 e. The number of nitrogens with one attached hydrogen (secondary N) is 1. The molecule has 0 aliphatic rings. The highest BCUT2D eigenvalue weighted by atomic mass is 32.1. The van der Waals surface area contributed by atoms with Gasteiger partial charge in [0.25, 0.3) is 0 Å². The Balaban J connectivity index is 1.92. The van der Waals surface area contributed by atoms with Crippen LogP contribution < -0.4 is 11.3 Å². The Bertz CT molecular complexity index is 666. The molecule has 0 saturated carbocycles. The van der Waals surface area contributed by atoms with Crippen molar-refractivity contribution in [1.82, 2.24) is 15.4 Å². The van der Waals surface area contributed by atoms with Crippen molar-refractivity contribution in [1.29, 1.82) is 0 Å². The van der Waals surface area contributed by atoms with Crippen LogP contribution in [0.15, 0.2) is 48.2 Å². The van der Waals surface area contributed by atoms with Gasteiger partial charge in [0.2, 0.25) is 0 Å². The van der Waals surface area contributed by atoms with Gasteiger partial charge in [-0.25, -0.2) is 0 Å². The molecule has 0 aliphatic carbocycles. The van der Waals surface area contributed by atoms with E-state index in [-0.39, 0.29) is 6.04 Å². The van der Waals surface area contributed by atoms with Crippen molar-refractivity contribution in [3.8, 4) is 0 Å². The normalized spacial score (nSPS) is 12.7. The molecule has 0 saturated heterocycles. The summed E-state index contributed by atoms with van der Waals surface area (Å²) in [7, 11) is 0. The minimum absolute atomic E-state index is 0.0880. The van der Waals surface area contributed by atoms with Gasteiger partial charge < -0.3 is 0 Å². The van der Waals surface area contributed by atoms with Crippen LogP contribution in [0.4, 0.5) is 0 Å². The third-order valence-corrected chi connectivity index (χ3v) is 3.92. The number of hydrogen-bond acceptors (Lipinski definition) is 5. The number of pyridine rings is 1. The Morgan fingerprint density at radius 1 is 1.32 bits per heavy atom. The van der Waals surface area contributed by atoms with Gasteiger partial charge in [-0.3, -0.25) is 21.2 Å². The van der Waals surface area contributed by atoms with E-state index >= 15 is 0 Å². The second-order valence-electron chi connectivity index (χ2n) is 4.35. The van der Waals surface area contributed by atoms with Crippen LogP contribution in [0.2, 0.25) is 0 Å². The lowest BCUT2D eigenvalue weighted by Gasteiger charge is -2.15. The number of thiazole rings is 1. The van der Waals surface area contributed by atoms with Crippen LogP contribution in [0.5, 0.6) is 0 Å². The number of aromatic nitrogens is 2. The topological polar surface area (TPSA) is 63.8 Å². The standard InChI is InChI=1S/C14H14N4S/c15-18-14(7-12-8-16-9-19-12)11-3-4-13-10(6-11)2-1-5-17-13/h1-6,8-9,14,18H,7,15H2. The molecule has 0 radical (unpaired) electrons. The molecule has 2 heterocycles. The number of nitrogens with zero attached hydrogens (tertiary/aromatic N) is 2. The van der Waals surface area contributed by atoms with Crippen LogP contribution >= 0.6 is 11.3 Å². The van der Waals surface area contributed by atoms with E-state index < -0.39 is 0 Å². The molecule has 0 spiro atoms. The van der Waals surface area contributed by atoms with Crippen LogP contribution in [-0.2, 0) is 6.42 Å². The molecule has 3 N–H and O–H groups in total. The summed E-state index contributed by atoms with van der Waals surface area (Å²) in [5.74, 6) is 5.68. The zero-order chi connectivity index (χ0) is 13.1. The first kappa shape index (κ1) is 12.2. The van der Waals surface area contributed by atoms with E-state index in [0.717, 1.165) is 22.9 Å². The molecule has 4 nitrogen and oxygen atoms in total. The maximum absolute atomic E-state index is 5.68. The van der Waals surface area contributed by atoms with Crippen molar-refractivity contribution in [2.75, 3.05) is 0 Å². The largest absolute Gasteiger partial charge is 0.271 e. The first-order chi connectivity index (χ1) is 9.36. The molecule has 96 valence electrons. The summed E-state index contributed by atoms with van der Waals surface area (Å²) in [5, 5.41) is 1.13. The first-order valence-corrected chi connectivity index (χ1v) is 6.93. The fraction of sp³-hybridized carbons (Fsp3) is 0.143. The summed E-state index contributed by atoms with van der Waals surface area (Å²) in [4.78, 5) is 9.63. The Morgan fingerprint density at radius 3 is 3.05 bits per heavy atom.